The van der Waals surface area contributed by atoms with Crippen LogP contribution in [-0.2, 0) is 13.0 Å². The molecule has 1 fully saturated rings. The molecule has 9 heteroatoms. The number of hydrogen-bond donors (Lipinski definition) is 2. The van der Waals surface area contributed by atoms with Crippen LogP contribution >= 0.6 is 47.8 Å². The van der Waals surface area contributed by atoms with Gasteiger partial charge in [-0.3, -0.25) is 9.69 Å². The molecule has 5 nitrogen and oxygen atoms in total. The lowest BCUT2D eigenvalue weighted by Crippen LogP contribution is -2.44. The van der Waals surface area contributed by atoms with Gasteiger partial charge < -0.3 is 11.1 Å². The molecule has 2 aromatic rings. The quantitative estimate of drug-likeness (QED) is 0.705. The fourth-order valence-corrected chi connectivity index (χ4v) is 3.92. The minimum absolute atomic E-state index is 0. The van der Waals surface area contributed by atoms with Crippen molar-refractivity contribution in [3.63, 3.8) is 0 Å². The van der Waals surface area contributed by atoms with Gasteiger partial charge in [0.05, 0.1) is 5.01 Å². The first-order valence-electron chi connectivity index (χ1n) is 8.56. The fraction of sp³-hybridized carbons (Fsp3) is 0.444. The third-order valence-electron chi connectivity index (χ3n) is 4.38. The van der Waals surface area contributed by atoms with Crippen molar-refractivity contribution in [2.45, 2.75) is 31.8 Å². The number of rotatable bonds is 6. The summed E-state index contributed by atoms with van der Waals surface area (Å²) in [5.41, 5.74) is 7.30. The zero-order valence-corrected chi connectivity index (χ0v) is 18.1. The molecular weight excluding hydrogens is 427 g/mol. The standard InChI is InChI=1S/C18H23ClN4OS.2ClH/c19-14-3-1-13(2-4-14)11-23-9-6-15(7-10-23)21-18(24)16-12-25-17(22-16)5-8-20;;/h1-4,12,15H,5-11,20H2,(H,21,24);2*1H. The van der Waals surface area contributed by atoms with E-state index in [-0.39, 0.29) is 36.8 Å². The Balaban J connectivity index is 0.00000182. The van der Waals surface area contributed by atoms with Crippen molar-refractivity contribution in [2.75, 3.05) is 19.6 Å². The summed E-state index contributed by atoms with van der Waals surface area (Å²) >= 11 is 7.42. The first kappa shape index (κ1) is 24.1. The van der Waals surface area contributed by atoms with Gasteiger partial charge in [-0.1, -0.05) is 23.7 Å². The van der Waals surface area contributed by atoms with E-state index < -0.39 is 0 Å². The predicted octanol–water partition coefficient (Wildman–Crippen LogP) is 3.54. The number of amides is 1. The van der Waals surface area contributed by atoms with E-state index >= 15 is 0 Å². The molecule has 150 valence electrons. The number of likely N-dealkylation sites (tertiary alicyclic amines) is 1. The normalized spacial score (nSPS) is 14.9. The SMILES string of the molecule is Cl.Cl.NCCc1nc(C(=O)NC2CCN(Cc3ccc(Cl)cc3)CC2)cs1. The number of carbonyl (C=O) groups excluding carboxylic acids is 1. The molecular formula is C18H25Cl3N4OS. The fourth-order valence-electron chi connectivity index (χ4n) is 3.00. The molecule has 1 aromatic heterocycles. The van der Waals surface area contributed by atoms with Crippen LogP contribution in [0.15, 0.2) is 29.6 Å². The largest absolute Gasteiger partial charge is 0.348 e. The number of nitrogens with two attached hydrogens (primary N) is 1. The van der Waals surface area contributed by atoms with Crippen molar-refractivity contribution in [1.82, 2.24) is 15.2 Å². The summed E-state index contributed by atoms with van der Waals surface area (Å²) in [7, 11) is 0. The number of nitrogens with zero attached hydrogens (tertiary/aromatic N) is 2. The Morgan fingerprint density at radius 1 is 1.26 bits per heavy atom. The van der Waals surface area contributed by atoms with Gasteiger partial charge in [0, 0.05) is 42.5 Å². The highest BCUT2D eigenvalue weighted by atomic mass is 35.5. The molecule has 0 unspecified atom stereocenters. The minimum Gasteiger partial charge on any atom is -0.348 e. The van der Waals surface area contributed by atoms with Crippen LogP contribution in [0, 0.1) is 0 Å². The van der Waals surface area contributed by atoms with Crippen molar-refractivity contribution in [2.24, 2.45) is 5.73 Å². The lowest BCUT2D eigenvalue weighted by atomic mass is 10.0. The van der Waals surface area contributed by atoms with Crippen LogP contribution in [0.1, 0.15) is 33.9 Å². The third-order valence-corrected chi connectivity index (χ3v) is 5.55. The molecule has 0 aliphatic carbocycles. The third kappa shape index (κ3) is 7.22. The average molecular weight is 452 g/mol. The molecule has 1 aromatic carbocycles. The summed E-state index contributed by atoms with van der Waals surface area (Å²) in [5.74, 6) is -0.0735. The van der Waals surface area contributed by atoms with Crippen molar-refractivity contribution in [3.8, 4) is 0 Å². The van der Waals surface area contributed by atoms with Crippen molar-refractivity contribution in [1.29, 1.82) is 0 Å². The van der Waals surface area contributed by atoms with Crippen LogP contribution in [0.3, 0.4) is 0 Å². The summed E-state index contributed by atoms with van der Waals surface area (Å²) in [6, 6.07) is 8.20. The van der Waals surface area contributed by atoms with Gasteiger partial charge in [-0.15, -0.1) is 36.2 Å². The molecule has 0 radical (unpaired) electrons. The van der Waals surface area contributed by atoms with Crippen molar-refractivity contribution in [3.05, 3.63) is 50.9 Å². The van der Waals surface area contributed by atoms with Crippen molar-refractivity contribution < 1.29 is 4.79 Å². The first-order valence-corrected chi connectivity index (χ1v) is 9.82. The van der Waals surface area contributed by atoms with Crippen LogP contribution in [-0.4, -0.2) is 41.5 Å². The van der Waals surface area contributed by atoms with Gasteiger partial charge in [0.25, 0.3) is 5.91 Å². The van der Waals surface area contributed by atoms with Gasteiger partial charge >= 0.3 is 0 Å². The molecule has 27 heavy (non-hydrogen) atoms. The van der Waals surface area contributed by atoms with Gasteiger partial charge in [-0.25, -0.2) is 4.98 Å². The van der Waals surface area contributed by atoms with Crippen molar-refractivity contribution >= 4 is 53.7 Å². The van der Waals surface area contributed by atoms with E-state index in [0.29, 0.717) is 12.2 Å². The van der Waals surface area contributed by atoms with E-state index in [1.54, 1.807) is 0 Å². The molecule has 2 heterocycles. The maximum absolute atomic E-state index is 12.3. The molecule has 1 aliphatic heterocycles. The number of thiazole rings is 1. The van der Waals surface area contributed by atoms with E-state index in [1.807, 2.05) is 17.5 Å². The summed E-state index contributed by atoms with van der Waals surface area (Å²) < 4.78 is 0. The van der Waals surface area contributed by atoms with Crippen LogP contribution in [0.5, 0.6) is 0 Å². The molecule has 0 spiro atoms. The van der Waals surface area contributed by atoms with Crippen LogP contribution in [0.4, 0.5) is 0 Å². The summed E-state index contributed by atoms with van der Waals surface area (Å²) in [5, 5.41) is 6.62. The van der Waals surface area contributed by atoms with Gasteiger partial charge in [-0.05, 0) is 37.1 Å². The number of carbonyl (C=O) groups is 1. The molecule has 1 saturated heterocycles. The Morgan fingerprint density at radius 3 is 2.56 bits per heavy atom. The van der Waals surface area contributed by atoms with Gasteiger partial charge in [0.2, 0.25) is 0 Å². The van der Waals surface area contributed by atoms with Gasteiger partial charge in [0.1, 0.15) is 5.69 Å². The molecule has 0 bridgehead atoms. The Kier molecular flexibility index (Phi) is 10.6. The first-order chi connectivity index (χ1) is 12.1. The lowest BCUT2D eigenvalue weighted by Gasteiger charge is -2.32. The van der Waals surface area contributed by atoms with Crippen LogP contribution in [0.2, 0.25) is 5.02 Å². The number of benzene rings is 1. The van der Waals surface area contributed by atoms with E-state index in [9.17, 15) is 4.79 Å². The molecule has 1 aliphatic rings. The summed E-state index contributed by atoms with van der Waals surface area (Å²) in [6.45, 7) is 3.43. The molecule has 1 amide bonds. The zero-order valence-electron chi connectivity index (χ0n) is 14.9. The number of nitrogens with one attached hydrogen (secondary N) is 1. The Hall–Kier alpha value is -0.890. The topological polar surface area (TPSA) is 71.2 Å². The lowest BCUT2D eigenvalue weighted by molar-refractivity contribution is 0.0904. The van der Waals surface area contributed by atoms with Gasteiger partial charge in [-0.2, -0.15) is 0 Å². The Bertz CT molecular complexity index is 703. The summed E-state index contributed by atoms with van der Waals surface area (Å²) in [4.78, 5) is 19.1. The highest BCUT2D eigenvalue weighted by Crippen LogP contribution is 2.17. The summed E-state index contributed by atoms with van der Waals surface area (Å²) in [6.07, 6.45) is 2.64. The molecule has 0 atom stereocenters. The maximum atomic E-state index is 12.3. The molecule has 3 rings (SSSR count). The second-order valence-electron chi connectivity index (χ2n) is 6.32. The monoisotopic (exact) mass is 450 g/mol. The molecule has 0 saturated carbocycles. The average Bonchev–Trinajstić information content (AvgIpc) is 3.08. The van der Waals surface area contributed by atoms with E-state index in [0.717, 1.165) is 48.9 Å². The van der Waals surface area contributed by atoms with E-state index in [4.69, 9.17) is 17.3 Å². The number of aromatic nitrogens is 1. The highest BCUT2D eigenvalue weighted by Gasteiger charge is 2.22. The smallest absolute Gasteiger partial charge is 0.270 e. The zero-order chi connectivity index (χ0) is 17.6. The number of piperidine rings is 1. The second kappa shape index (κ2) is 11.8. The Labute approximate surface area is 181 Å². The van der Waals surface area contributed by atoms with Gasteiger partial charge in [0.15, 0.2) is 0 Å². The molecule has 3 N–H and O–H groups in total. The minimum atomic E-state index is -0.0735. The van der Waals surface area contributed by atoms with Crippen LogP contribution < -0.4 is 11.1 Å². The highest BCUT2D eigenvalue weighted by molar-refractivity contribution is 7.09. The van der Waals surface area contributed by atoms with E-state index in [1.165, 1.54) is 16.9 Å². The number of halogens is 3. The predicted molar refractivity (Wildman–Crippen MR) is 117 cm³/mol. The van der Waals surface area contributed by atoms with E-state index in [2.05, 4.69) is 27.3 Å². The Morgan fingerprint density at radius 2 is 1.93 bits per heavy atom. The second-order valence-corrected chi connectivity index (χ2v) is 7.69. The van der Waals surface area contributed by atoms with Crippen LogP contribution in [0.25, 0.3) is 0 Å². The number of hydrogen-bond acceptors (Lipinski definition) is 5. The maximum Gasteiger partial charge on any atom is 0.270 e.